The van der Waals surface area contributed by atoms with Crippen LogP contribution in [0.15, 0.2) is 24.3 Å². The van der Waals surface area contributed by atoms with Crippen molar-refractivity contribution in [1.82, 2.24) is 4.90 Å². The molecule has 0 saturated heterocycles. The first-order valence-corrected chi connectivity index (χ1v) is 6.48. The molecule has 8 heteroatoms. The number of hydrogen-bond donors (Lipinski definition) is 0. The molecule has 0 aliphatic rings. The molecule has 1 aromatic rings. The molecular formula is C13H16N2O5S. The summed E-state index contributed by atoms with van der Waals surface area (Å²) < 4.78 is 10.3. The van der Waals surface area contributed by atoms with Gasteiger partial charge in [0.25, 0.3) is 5.17 Å². The smallest absolute Gasteiger partial charge is 0.308 e. The predicted molar refractivity (Wildman–Crippen MR) is 79.7 cm³/mol. The van der Waals surface area contributed by atoms with Crippen molar-refractivity contribution in [2.24, 2.45) is 0 Å². The average Bonchev–Trinajstić information content (AvgIpc) is 2.37. The number of esters is 1. The maximum Gasteiger partial charge on any atom is 0.308 e. The molecule has 0 radical (unpaired) electrons. The van der Waals surface area contributed by atoms with E-state index in [0.29, 0.717) is 11.3 Å². The first-order chi connectivity index (χ1) is 9.79. The molecule has 21 heavy (non-hydrogen) atoms. The molecule has 1 rings (SSSR count). The molecule has 0 amide bonds. The zero-order valence-electron chi connectivity index (χ0n) is 11.9. The lowest BCUT2D eigenvalue weighted by molar-refractivity contribution is -0.490. The molecule has 0 aliphatic carbocycles. The van der Waals surface area contributed by atoms with Crippen LogP contribution in [0.25, 0.3) is 0 Å². The standard InChI is InChI=1S/C13H16N2O5S/c1-9(16)19-11-6-4-10(5-7-11)12(8-15(17)18)20-13(21)14(2)3/h4-7,12H,8H2,1-3H3. The van der Waals surface area contributed by atoms with Gasteiger partial charge in [-0.3, -0.25) is 14.9 Å². The fourth-order valence-corrected chi connectivity index (χ4v) is 1.61. The Morgan fingerprint density at radius 2 is 1.95 bits per heavy atom. The number of nitrogens with zero attached hydrogens (tertiary/aromatic N) is 2. The fraction of sp³-hybridized carbons (Fsp3) is 0.385. The average molecular weight is 312 g/mol. The Labute approximate surface area is 127 Å². The number of rotatable bonds is 5. The monoisotopic (exact) mass is 312 g/mol. The Balaban J connectivity index is 2.89. The third-order valence-corrected chi connectivity index (χ3v) is 2.90. The molecule has 0 aliphatic heterocycles. The Bertz CT molecular complexity index is 530. The van der Waals surface area contributed by atoms with Crippen LogP contribution in [-0.4, -0.2) is 41.6 Å². The highest BCUT2D eigenvalue weighted by Gasteiger charge is 2.21. The normalized spacial score (nSPS) is 11.4. The number of nitro groups is 1. The van der Waals surface area contributed by atoms with Gasteiger partial charge in [-0.1, -0.05) is 12.1 Å². The van der Waals surface area contributed by atoms with Crippen molar-refractivity contribution in [2.45, 2.75) is 13.0 Å². The summed E-state index contributed by atoms with van der Waals surface area (Å²) >= 11 is 5.00. The van der Waals surface area contributed by atoms with E-state index in [2.05, 4.69) is 0 Å². The third kappa shape index (κ3) is 5.74. The SMILES string of the molecule is CC(=O)Oc1ccc(C(C[N+](=O)[O-])OC(=S)N(C)C)cc1. The van der Waals surface area contributed by atoms with Gasteiger partial charge in [0.2, 0.25) is 6.54 Å². The third-order valence-electron chi connectivity index (χ3n) is 2.44. The number of hydrogen-bond acceptors (Lipinski definition) is 6. The molecule has 0 heterocycles. The van der Waals surface area contributed by atoms with Crippen LogP contribution in [-0.2, 0) is 9.53 Å². The number of benzene rings is 1. The Kier molecular flexibility index (Phi) is 6.04. The molecule has 0 aromatic heterocycles. The lowest BCUT2D eigenvalue weighted by Crippen LogP contribution is -2.27. The van der Waals surface area contributed by atoms with Gasteiger partial charge in [-0.2, -0.15) is 0 Å². The summed E-state index contributed by atoms with van der Waals surface area (Å²) in [5.41, 5.74) is 0.576. The highest BCUT2D eigenvalue weighted by Crippen LogP contribution is 2.22. The summed E-state index contributed by atoms with van der Waals surface area (Å²) in [7, 11) is 3.38. The first-order valence-electron chi connectivity index (χ1n) is 6.07. The molecule has 0 saturated carbocycles. The minimum absolute atomic E-state index is 0.158. The zero-order chi connectivity index (χ0) is 16.0. The van der Waals surface area contributed by atoms with Gasteiger partial charge in [-0.25, -0.2) is 0 Å². The summed E-state index contributed by atoms with van der Waals surface area (Å²) in [4.78, 5) is 22.7. The van der Waals surface area contributed by atoms with E-state index in [1.54, 1.807) is 43.3 Å². The second-order valence-electron chi connectivity index (χ2n) is 4.44. The van der Waals surface area contributed by atoms with E-state index in [1.807, 2.05) is 0 Å². The maximum atomic E-state index is 10.8. The molecule has 1 unspecified atom stereocenters. The van der Waals surface area contributed by atoms with Crippen LogP contribution in [0.4, 0.5) is 0 Å². The van der Waals surface area contributed by atoms with Crippen molar-refractivity contribution < 1.29 is 19.2 Å². The van der Waals surface area contributed by atoms with Gasteiger partial charge in [0.05, 0.1) is 0 Å². The molecule has 1 atom stereocenters. The van der Waals surface area contributed by atoms with Gasteiger partial charge < -0.3 is 14.4 Å². The van der Waals surface area contributed by atoms with Crippen LogP contribution >= 0.6 is 12.2 Å². The summed E-state index contributed by atoms with van der Waals surface area (Å²) in [5, 5.41) is 10.9. The highest BCUT2D eigenvalue weighted by molar-refractivity contribution is 7.80. The lowest BCUT2D eigenvalue weighted by Gasteiger charge is -2.20. The van der Waals surface area contributed by atoms with E-state index in [-0.39, 0.29) is 5.17 Å². The highest BCUT2D eigenvalue weighted by atomic mass is 32.1. The Morgan fingerprint density at radius 1 is 1.38 bits per heavy atom. The van der Waals surface area contributed by atoms with Crippen LogP contribution < -0.4 is 4.74 Å². The van der Waals surface area contributed by atoms with Crippen molar-refractivity contribution in [3.05, 3.63) is 39.9 Å². The van der Waals surface area contributed by atoms with E-state index in [0.717, 1.165) is 0 Å². The summed E-state index contributed by atoms with van der Waals surface area (Å²) in [5.74, 6) is -0.0732. The first kappa shape index (κ1) is 16.8. The van der Waals surface area contributed by atoms with E-state index < -0.39 is 23.5 Å². The van der Waals surface area contributed by atoms with Crippen LogP contribution in [0.1, 0.15) is 18.6 Å². The van der Waals surface area contributed by atoms with Gasteiger partial charge in [0.15, 0.2) is 6.10 Å². The van der Waals surface area contributed by atoms with E-state index >= 15 is 0 Å². The van der Waals surface area contributed by atoms with Crippen molar-refractivity contribution in [1.29, 1.82) is 0 Å². The topological polar surface area (TPSA) is 81.9 Å². The Hall–Kier alpha value is -2.22. The molecule has 1 aromatic carbocycles. The van der Waals surface area contributed by atoms with Gasteiger partial charge >= 0.3 is 5.97 Å². The van der Waals surface area contributed by atoms with Crippen molar-refractivity contribution >= 4 is 23.4 Å². The molecule has 7 nitrogen and oxygen atoms in total. The van der Waals surface area contributed by atoms with E-state index in [9.17, 15) is 14.9 Å². The summed E-state index contributed by atoms with van der Waals surface area (Å²) in [6.45, 7) is 0.878. The van der Waals surface area contributed by atoms with Crippen molar-refractivity contribution in [3.63, 3.8) is 0 Å². The van der Waals surface area contributed by atoms with Gasteiger partial charge in [0.1, 0.15) is 5.75 Å². The fourth-order valence-electron chi connectivity index (χ4n) is 1.49. The largest absolute Gasteiger partial charge is 0.456 e. The second-order valence-corrected chi connectivity index (χ2v) is 4.79. The van der Waals surface area contributed by atoms with E-state index in [4.69, 9.17) is 21.7 Å². The minimum Gasteiger partial charge on any atom is -0.456 e. The number of carbonyl (C=O) groups is 1. The molecule has 0 spiro atoms. The number of ether oxygens (including phenoxy) is 2. The summed E-state index contributed by atoms with van der Waals surface area (Å²) in [6.07, 6.45) is -0.804. The number of thiocarbonyl (C=S) groups is 1. The van der Waals surface area contributed by atoms with Gasteiger partial charge in [-0.15, -0.1) is 0 Å². The predicted octanol–water partition coefficient (Wildman–Crippen LogP) is 1.79. The molecule has 0 N–H and O–H groups in total. The van der Waals surface area contributed by atoms with Crippen molar-refractivity contribution in [2.75, 3.05) is 20.6 Å². The maximum absolute atomic E-state index is 10.8. The van der Waals surface area contributed by atoms with Gasteiger partial charge in [-0.05, 0) is 29.9 Å². The summed E-state index contributed by atoms with van der Waals surface area (Å²) in [6, 6.07) is 6.30. The molecule has 0 fully saturated rings. The van der Waals surface area contributed by atoms with Crippen molar-refractivity contribution in [3.8, 4) is 5.75 Å². The van der Waals surface area contributed by atoms with Crippen LogP contribution in [0, 0.1) is 10.1 Å². The van der Waals surface area contributed by atoms with Crippen LogP contribution in [0.5, 0.6) is 5.75 Å². The van der Waals surface area contributed by atoms with Gasteiger partial charge in [0, 0.05) is 25.9 Å². The zero-order valence-corrected chi connectivity index (χ0v) is 12.8. The second kappa shape index (κ2) is 7.53. The number of carbonyl (C=O) groups excluding carboxylic acids is 1. The molecule has 0 bridgehead atoms. The molecule has 114 valence electrons. The van der Waals surface area contributed by atoms with E-state index in [1.165, 1.54) is 6.92 Å². The van der Waals surface area contributed by atoms with Crippen LogP contribution in [0.2, 0.25) is 0 Å². The lowest BCUT2D eigenvalue weighted by atomic mass is 10.1. The quantitative estimate of drug-likeness (QED) is 0.269. The van der Waals surface area contributed by atoms with Crippen LogP contribution in [0.3, 0.4) is 0 Å². The molecular weight excluding hydrogens is 296 g/mol. The minimum atomic E-state index is -0.804. The Morgan fingerprint density at radius 3 is 2.38 bits per heavy atom.